The third-order valence-electron chi connectivity index (χ3n) is 1.95. The maximum absolute atomic E-state index is 11.5. The minimum Gasteiger partial charge on any atom is -0.495 e. The maximum atomic E-state index is 11.5. The second-order valence-electron chi connectivity index (χ2n) is 3.96. The highest BCUT2D eigenvalue weighted by Gasteiger charge is 2.09. The number of benzene rings is 1. The van der Waals surface area contributed by atoms with Crippen LogP contribution in [0.3, 0.4) is 0 Å². The smallest absolute Gasteiger partial charge is 0.411 e. The normalized spacial score (nSPS) is 10.2. The second kappa shape index (κ2) is 6.35. The number of carbonyl (C=O) groups excluding carboxylic acids is 1. The van der Waals surface area contributed by atoms with Gasteiger partial charge in [-0.3, -0.25) is 5.32 Å². The van der Waals surface area contributed by atoms with Crippen LogP contribution in [0.4, 0.5) is 10.5 Å². The van der Waals surface area contributed by atoms with Crippen molar-refractivity contribution in [3.05, 3.63) is 23.2 Å². The first-order chi connectivity index (χ1) is 8.02. The zero-order valence-corrected chi connectivity index (χ0v) is 10.9. The molecule has 17 heavy (non-hydrogen) atoms. The van der Waals surface area contributed by atoms with Gasteiger partial charge in [0.05, 0.1) is 19.4 Å². The minimum absolute atomic E-state index is 0.294. The van der Waals surface area contributed by atoms with Gasteiger partial charge in [-0.1, -0.05) is 25.4 Å². The topological polar surface area (TPSA) is 47.6 Å². The van der Waals surface area contributed by atoms with Crippen molar-refractivity contribution in [1.82, 2.24) is 0 Å². The standard InChI is InChI=1S/C12H16ClNO3/c1-8(2)7-17-12(15)14-10-6-9(13)4-5-11(10)16-3/h4-6,8H,7H2,1-3H3,(H,14,15). The van der Waals surface area contributed by atoms with Crippen molar-refractivity contribution in [1.29, 1.82) is 0 Å². The zero-order valence-electron chi connectivity index (χ0n) is 10.1. The molecule has 0 bridgehead atoms. The van der Waals surface area contributed by atoms with Crippen LogP contribution in [0.1, 0.15) is 13.8 Å². The Bertz CT molecular complexity index is 393. The van der Waals surface area contributed by atoms with Gasteiger partial charge in [-0.2, -0.15) is 0 Å². The molecule has 0 aliphatic rings. The van der Waals surface area contributed by atoms with Crippen molar-refractivity contribution in [3.8, 4) is 5.75 Å². The highest BCUT2D eigenvalue weighted by molar-refractivity contribution is 6.31. The fourth-order valence-corrected chi connectivity index (χ4v) is 1.34. The number of anilines is 1. The van der Waals surface area contributed by atoms with Gasteiger partial charge in [0.25, 0.3) is 0 Å². The predicted octanol–water partition coefficient (Wildman–Crippen LogP) is 3.55. The SMILES string of the molecule is COc1ccc(Cl)cc1NC(=O)OCC(C)C. The van der Waals surface area contributed by atoms with Crippen molar-refractivity contribution in [2.45, 2.75) is 13.8 Å². The molecule has 0 saturated carbocycles. The first kappa shape index (κ1) is 13.6. The number of carbonyl (C=O) groups is 1. The highest BCUT2D eigenvalue weighted by atomic mass is 35.5. The molecule has 0 unspecified atom stereocenters. The number of hydrogen-bond donors (Lipinski definition) is 1. The molecule has 0 aromatic heterocycles. The third kappa shape index (κ3) is 4.53. The predicted molar refractivity (Wildman–Crippen MR) is 67.8 cm³/mol. The Morgan fingerprint density at radius 3 is 2.76 bits per heavy atom. The molecule has 94 valence electrons. The lowest BCUT2D eigenvalue weighted by Crippen LogP contribution is -2.17. The van der Waals surface area contributed by atoms with E-state index in [4.69, 9.17) is 21.1 Å². The molecule has 1 aromatic carbocycles. The summed E-state index contributed by atoms with van der Waals surface area (Å²) in [6.07, 6.45) is -0.515. The summed E-state index contributed by atoms with van der Waals surface area (Å²) in [7, 11) is 1.52. The van der Waals surface area contributed by atoms with E-state index < -0.39 is 6.09 Å². The molecular formula is C12H16ClNO3. The summed E-state index contributed by atoms with van der Waals surface area (Å²) >= 11 is 5.84. The monoisotopic (exact) mass is 257 g/mol. The third-order valence-corrected chi connectivity index (χ3v) is 2.18. The molecule has 0 heterocycles. The van der Waals surface area contributed by atoms with Crippen LogP contribution in [0.5, 0.6) is 5.75 Å². The van der Waals surface area contributed by atoms with Crippen molar-refractivity contribution in [2.75, 3.05) is 19.0 Å². The van der Waals surface area contributed by atoms with E-state index in [0.717, 1.165) is 0 Å². The van der Waals surface area contributed by atoms with E-state index in [2.05, 4.69) is 5.32 Å². The van der Waals surface area contributed by atoms with Crippen LogP contribution < -0.4 is 10.1 Å². The first-order valence-corrected chi connectivity index (χ1v) is 5.68. The molecule has 1 rings (SSSR count). The summed E-state index contributed by atoms with van der Waals surface area (Å²) in [5, 5.41) is 3.11. The largest absolute Gasteiger partial charge is 0.495 e. The summed E-state index contributed by atoms with van der Waals surface area (Å²) < 4.78 is 10.1. The van der Waals surface area contributed by atoms with E-state index in [9.17, 15) is 4.79 Å². The number of hydrogen-bond acceptors (Lipinski definition) is 3. The van der Waals surface area contributed by atoms with Crippen molar-refractivity contribution >= 4 is 23.4 Å². The summed E-state index contributed by atoms with van der Waals surface area (Å²) in [6.45, 7) is 4.30. The number of nitrogens with one attached hydrogen (secondary N) is 1. The van der Waals surface area contributed by atoms with Crippen LogP contribution in [0.15, 0.2) is 18.2 Å². The van der Waals surface area contributed by atoms with Crippen LogP contribution in [-0.4, -0.2) is 19.8 Å². The van der Waals surface area contributed by atoms with E-state index in [-0.39, 0.29) is 0 Å². The van der Waals surface area contributed by atoms with Gasteiger partial charge in [-0.15, -0.1) is 0 Å². The molecule has 1 amide bonds. The van der Waals surface area contributed by atoms with Gasteiger partial charge < -0.3 is 9.47 Å². The summed E-state index contributed by atoms with van der Waals surface area (Å²) in [4.78, 5) is 11.5. The van der Waals surface area contributed by atoms with Gasteiger partial charge in [0.15, 0.2) is 0 Å². The van der Waals surface area contributed by atoms with E-state index in [1.165, 1.54) is 7.11 Å². The van der Waals surface area contributed by atoms with E-state index in [0.29, 0.717) is 29.0 Å². The molecule has 0 aliphatic heterocycles. The highest BCUT2D eigenvalue weighted by Crippen LogP contribution is 2.27. The minimum atomic E-state index is -0.515. The average molecular weight is 258 g/mol. The van der Waals surface area contributed by atoms with E-state index in [1.54, 1.807) is 18.2 Å². The quantitative estimate of drug-likeness (QED) is 0.897. The molecule has 5 heteroatoms. The lowest BCUT2D eigenvalue weighted by molar-refractivity contribution is 0.147. The molecule has 0 fully saturated rings. The Morgan fingerprint density at radius 1 is 1.47 bits per heavy atom. The molecule has 0 aliphatic carbocycles. The Labute approximate surface area is 106 Å². The fraction of sp³-hybridized carbons (Fsp3) is 0.417. The Hall–Kier alpha value is -1.42. The fourth-order valence-electron chi connectivity index (χ4n) is 1.17. The van der Waals surface area contributed by atoms with Gasteiger partial charge in [-0.05, 0) is 24.1 Å². The number of halogens is 1. The zero-order chi connectivity index (χ0) is 12.8. The van der Waals surface area contributed by atoms with Gasteiger partial charge in [-0.25, -0.2) is 4.79 Å². The van der Waals surface area contributed by atoms with E-state index >= 15 is 0 Å². The van der Waals surface area contributed by atoms with Crippen LogP contribution >= 0.6 is 11.6 Å². The lowest BCUT2D eigenvalue weighted by Gasteiger charge is -2.11. The number of methoxy groups -OCH3 is 1. The van der Waals surface area contributed by atoms with Crippen molar-refractivity contribution < 1.29 is 14.3 Å². The molecule has 0 atom stereocenters. The van der Waals surface area contributed by atoms with Gasteiger partial charge in [0.1, 0.15) is 5.75 Å². The first-order valence-electron chi connectivity index (χ1n) is 5.30. The molecular weight excluding hydrogens is 242 g/mol. The van der Waals surface area contributed by atoms with Crippen LogP contribution in [0.25, 0.3) is 0 Å². The summed E-state index contributed by atoms with van der Waals surface area (Å²) in [5.74, 6) is 0.831. The van der Waals surface area contributed by atoms with E-state index in [1.807, 2.05) is 13.8 Å². The Morgan fingerprint density at radius 2 is 2.18 bits per heavy atom. The summed E-state index contributed by atoms with van der Waals surface area (Å²) in [5.41, 5.74) is 0.494. The number of ether oxygens (including phenoxy) is 2. The van der Waals surface area contributed by atoms with Crippen molar-refractivity contribution in [2.24, 2.45) is 5.92 Å². The Balaban J connectivity index is 2.66. The van der Waals surface area contributed by atoms with Crippen molar-refractivity contribution in [3.63, 3.8) is 0 Å². The van der Waals surface area contributed by atoms with Crippen LogP contribution in [0.2, 0.25) is 5.02 Å². The number of amides is 1. The van der Waals surface area contributed by atoms with Crippen LogP contribution in [-0.2, 0) is 4.74 Å². The number of rotatable bonds is 4. The summed E-state index contributed by atoms with van der Waals surface area (Å²) in [6, 6.07) is 4.97. The lowest BCUT2D eigenvalue weighted by atomic mass is 10.2. The molecule has 1 aromatic rings. The molecule has 0 saturated heterocycles. The average Bonchev–Trinajstić information content (AvgIpc) is 2.27. The van der Waals surface area contributed by atoms with Gasteiger partial charge >= 0.3 is 6.09 Å². The van der Waals surface area contributed by atoms with Gasteiger partial charge in [0.2, 0.25) is 0 Å². The Kier molecular flexibility index (Phi) is 5.10. The maximum Gasteiger partial charge on any atom is 0.411 e. The van der Waals surface area contributed by atoms with Crippen LogP contribution in [0, 0.1) is 5.92 Å². The molecule has 0 spiro atoms. The van der Waals surface area contributed by atoms with Gasteiger partial charge in [0, 0.05) is 5.02 Å². The molecule has 1 N–H and O–H groups in total. The second-order valence-corrected chi connectivity index (χ2v) is 4.40. The molecule has 4 nitrogen and oxygen atoms in total. The molecule has 0 radical (unpaired) electrons.